The van der Waals surface area contributed by atoms with Crippen LogP contribution in [0, 0.1) is 0 Å². The minimum absolute atomic E-state index is 0.132. The van der Waals surface area contributed by atoms with Crippen LogP contribution in [0.25, 0.3) is 0 Å². The van der Waals surface area contributed by atoms with Crippen LogP contribution in [-0.2, 0) is 5.54 Å². The van der Waals surface area contributed by atoms with Crippen LogP contribution < -0.4 is 10.1 Å². The van der Waals surface area contributed by atoms with E-state index in [2.05, 4.69) is 30.4 Å². The highest BCUT2D eigenvalue weighted by Gasteiger charge is 2.28. The molecule has 0 radical (unpaired) electrons. The normalized spacial score (nSPS) is 26.3. The number of methoxy groups -OCH3 is 1. The summed E-state index contributed by atoms with van der Waals surface area (Å²) in [4.78, 5) is 0. The van der Waals surface area contributed by atoms with Crippen LogP contribution in [0.1, 0.15) is 31.7 Å². The van der Waals surface area contributed by atoms with E-state index in [9.17, 15) is 0 Å². The fourth-order valence-corrected chi connectivity index (χ4v) is 2.27. The smallest absolute Gasteiger partial charge is 0.119 e. The third-order valence-electron chi connectivity index (χ3n) is 3.33. The van der Waals surface area contributed by atoms with E-state index in [1.54, 1.807) is 7.11 Å². The molecule has 2 nitrogen and oxygen atoms in total. The Kier molecular flexibility index (Phi) is 2.96. The van der Waals surface area contributed by atoms with Gasteiger partial charge in [0.2, 0.25) is 0 Å². The van der Waals surface area contributed by atoms with E-state index < -0.39 is 0 Å². The van der Waals surface area contributed by atoms with Gasteiger partial charge in [-0.3, -0.25) is 0 Å². The molecule has 1 aromatic carbocycles. The Labute approximate surface area is 91.6 Å². The number of hydrogen-bond donors (Lipinski definition) is 1. The second-order valence-electron chi connectivity index (χ2n) is 4.45. The van der Waals surface area contributed by atoms with Gasteiger partial charge in [0.15, 0.2) is 0 Å². The van der Waals surface area contributed by atoms with Gasteiger partial charge in [0.25, 0.3) is 0 Å². The number of hydrogen-bond acceptors (Lipinski definition) is 2. The highest BCUT2D eigenvalue weighted by atomic mass is 16.5. The number of rotatable bonds is 2. The molecular formula is C13H19NO. The van der Waals surface area contributed by atoms with E-state index in [0.717, 1.165) is 12.3 Å². The zero-order valence-corrected chi connectivity index (χ0v) is 9.55. The first kappa shape index (κ1) is 10.5. The van der Waals surface area contributed by atoms with E-state index in [0.29, 0.717) is 0 Å². The summed E-state index contributed by atoms with van der Waals surface area (Å²) >= 11 is 0. The van der Waals surface area contributed by atoms with E-state index in [-0.39, 0.29) is 5.54 Å². The van der Waals surface area contributed by atoms with Gasteiger partial charge in [0.1, 0.15) is 5.75 Å². The van der Waals surface area contributed by atoms with Crippen LogP contribution >= 0.6 is 0 Å². The molecular weight excluding hydrogens is 186 g/mol. The summed E-state index contributed by atoms with van der Waals surface area (Å²) in [5.74, 6) is 0.945. The average molecular weight is 205 g/mol. The van der Waals surface area contributed by atoms with Gasteiger partial charge >= 0.3 is 0 Å². The molecule has 2 rings (SSSR count). The standard InChI is InChI=1S/C13H19NO/c1-13(8-3-4-9-14-13)11-6-5-7-12(10-11)15-2/h5-7,10,14H,3-4,8-9H2,1-2H3. The number of nitrogens with one attached hydrogen (secondary N) is 1. The van der Waals surface area contributed by atoms with Gasteiger partial charge in [0.05, 0.1) is 7.11 Å². The molecule has 1 N–H and O–H groups in total. The Morgan fingerprint density at radius 3 is 2.87 bits per heavy atom. The molecule has 1 aromatic rings. The van der Waals surface area contributed by atoms with Crippen LogP contribution in [0.3, 0.4) is 0 Å². The molecule has 2 heteroatoms. The molecule has 82 valence electrons. The van der Waals surface area contributed by atoms with Crippen LogP contribution in [0.4, 0.5) is 0 Å². The van der Waals surface area contributed by atoms with Gasteiger partial charge in [-0.25, -0.2) is 0 Å². The average Bonchev–Trinajstić information content (AvgIpc) is 2.30. The van der Waals surface area contributed by atoms with Gasteiger partial charge in [0, 0.05) is 5.54 Å². The lowest BCUT2D eigenvalue weighted by atomic mass is 9.84. The Bertz CT molecular complexity index is 329. The first-order valence-corrected chi connectivity index (χ1v) is 5.64. The van der Waals surface area contributed by atoms with Crippen molar-refractivity contribution in [2.24, 2.45) is 0 Å². The van der Waals surface area contributed by atoms with Gasteiger partial charge in [-0.15, -0.1) is 0 Å². The number of benzene rings is 1. The van der Waals surface area contributed by atoms with Crippen molar-refractivity contribution < 1.29 is 4.74 Å². The van der Waals surface area contributed by atoms with Gasteiger partial charge < -0.3 is 10.1 Å². The van der Waals surface area contributed by atoms with Crippen molar-refractivity contribution in [2.45, 2.75) is 31.7 Å². The molecule has 1 unspecified atom stereocenters. The Hall–Kier alpha value is -1.02. The Morgan fingerprint density at radius 1 is 1.33 bits per heavy atom. The first-order valence-electron chi connectivity index (χ1n) is 5.64. The zero-order valence-electron chi connectivity index (χ0n) is 9.55. The van der Waals surface area contributed by atoms with Gasteiger partial charge in [-0.1, -0.05) is 18.6 Å². The van der Waals surface area contributed by atoms with Crippen LogP contribution in [0.5, 0.6) is 5.75 Å². The van der Waals surface area contributed by atoms with Gasteiger partial charge in [-0.05, 0) is 44.0 Å². The topological polar surface area (TPSA) is 21.3 Å². The summed E-state index contributed by atoms with van der Waals surface area (Å²) < 4.78 is 5.26. The minimum atomic E-state index is 0.132. The largest absolute Gasteiger partial charge is 0.497 e. The van der Waals surface area contributed by atoms with E-state index in [1.165, 1.54) is 24.8 Å². The monoisotopic (exact) mass is 205 g/mol. The van der Waals surface area contributed by atoms with Crippen molar-refractivity contribution in [3.8, 4) is 5.75 Å². The van der Waals surface area contributed by atoms with Crippen molar-refractivity contribution >= 4 is 0 Å². The second kappa shape index (κ2) is 4.23. The lowest BCUT2D eigenvalue weighted by molar-refractivity contribution is 0.282. The highest BCUT2D eigenvalue weighted by molar-refractivity contribution is 5.33. The summed E-state index contributed by atoms with van der Waals surface area (Å²) in [6.07, 6.45) is 3.81. The van der Waals surface area contributed by atoms with Crippen LogP contribution in [0.2, 0.25) is 0 Å². The minimum Gasteiger partial charge on any atom is -0.497 e. The maximum atomic E-state index is 5.26. The molecule has 15 heavy (non-hydrogen) atoms. The number of ether oxygens (including phenoxy) is 1. The van der Waals surface area contributed by atoms with Crippen molar-refractivity contribution in [1.29, 1.82) is 0 Å². The molecule has 0 amide bonds. The van der Waals surface area contributed by atoms with Gasteiger partial charge in [-0.2, -0.15) is 0 Å². The molecule has 0 aromatic heterocycles. The van der Waals surface area contributed by atoms with Crippen molar-refractivity contribution in [1.82, 2.24) is 5.32 Å². The van der Waals surface area contributed by atoms with Crippen molar-refractivity contribution in [3.05, 3.63) is 29.8 Å². The Balaban J connectivity index is 2.26. The Morgan fingerprint density at radius 2 is 2.20 bits per heavy atom. The zero-order chi connectivity index (χ0) is 10.7. The predicted molar refractivity (Wildman–Crippen MR) is 62.2 cm³/mol. The molecule has 1 saturated heterocycles. The summed E-state index contributed by atoms with van der Waals surface area (Å²) in [5.41, 5.74) is 1.47. The van der Waals surface area contributed by atoms with Crippen molar-refractivity contribution in [3.63, 3.8) is 0 Å². The molecule has 1 heterocycles. The molecule has 0 saturated carbocycles. The summed E-state index contributed by atoms with van der Waals surface area (Å²) in [6.45, 7) is 3.40. The van der Waals surface area contributed by atoms with E-state index in [1.807, 2.05) is 6.07 Å². The second-order valence-corrected chi connectivity index (χ2v) is 4.45. The quantitative estimate of drug-likeness (QED) is 0.801. The lowest BCUT2D eigenvalue weighted by Crippen LogP contribution is -2.43. The molecule has 1 atom stereocenters. The third-order valence-corrected chi connectivity index (χ3v) is 3.33. The molecule has 0 aliphatic carbocycles. The highest BCUT2D eigenvalue weighted by Crippen LogP contribution is 2.31. The predicted octanol–water partition coefficient (Wildman–Crippen LogP) is 2.68. The number of piperidine rings is 1. The maximum Gasteiger partial charge on any atom is 0.119 e. The molecule has 0 bridgehead atoms. The fraction of sp³-hybridized carbons (Fsp3) is 0.538. The molecule has 1 aliphatic heterocycles. The third kappa shape index (κ3) is 2.15. The molecule has 1 fully saturated rings. The maximum absolute atomic E-state index is 5.26. The summed E-state index contributed by atoms with van der Waals surface area (Å²) in [7, 11) is 1.72. The fourth-order valence-electron chi connectivity index (χ4n) is 2.27. The lowest BCUT2D eigenvalue weighted by Gasteiger charge is -2.35. The van der Waals surface area contributed by atoms with E-state index in [4.69, 9.17) is 4.74 Å². The van der Waals surface area contributed by atoms with E-state index >= 15 is 0 Å². The van der Waals surface area contributed by atoms with Crippen LogP contribution in [0.15, 0.2) is 24.3 Å². The summed E-state index contributed by atoms with van der Waals surface area (Å²) in [6, 6.07) is 8.38. The molecule has 0 spiro atoms. The SMILES string of the molecule is COc1cccc(C2(C)CCCCN2)c1. The first-order chi connectivity index (χ1) is 7.24. The van der Waals surface area contributed by atoms with Crippen LogP contribution in [-0.4, -0.2) is 13.7 Å². The summed E-state index contributed by atoms with van der Waals surface area (Å²) in [5, 5.41) is 3.61. The van der Waals surface area contributed by atoms with Crippen molar-refractivity contribution in [2.75, 3.05) is 13.7 Å². The molecule has 1 aliphatic rings.